The number of nitrogens with zero attached hydrogens (tertiary/aromatic N) is 2. The monoisotopic (exact) mass is 237 g/mol. The third-order valence-electron chi connectivity index (χ3n) is 2.68. The summed E-state index contributed by atoms with van der Waals surface area (Å²) in [5, 5.41) is 3.94. The molecule has 16 heavy (non-hydrogen) atoms. The molecule has 1 saturated heterocycles. The normalized spacial score (nSPS) is 21.3. The molecule has 1 aromatic heterocycles. The van der Waals surface area contributed by atoms with E-state index in [1.54, 1.807) is 6.33 Å². The fraction of sp³-hybridized carbons (Fsp3) is 0.667. The zero-order chi connectivity index (χ0) is 11.4. The molecule has 0 radical (unpaired) electrons. The van der Waals surface area contributed by atoms with Gasteiger partial charge in [-0.15, -0.1) is 11.8 Å². The van der Waals surface area contributed by atoms with Crippen LogP contribution in [0.25, 0.3) is 0 Å². The Hall–Kier alpha value is -0.610. The van der Waals surface area contributed by atoms with E-state index in [2.05, 4.69) is 29.1 Å². The van der Waals surface area contributed by atoms with E-state index in [9.17, 15) is 0 Å². The Kier molecular flexibility index (Phi) is 4.18. The lowest BCUT2D eigenvalue weighted by atomic mass is 10.0. The lowest BCUT2D eigenvalue weighted by Crippen LogP contribution is -2.29. The summed E-state index contributed by atoms with van der Waals surface area (Å²) in [5.41, 5.74) is 2.56. The fourth-order valence-electron chi connectivity index (χ4n) is 2.00. The number of rotatable bonds is 3. The van der Waals surface area contributed by atoms with Crippen LogP contribution in [0.5, 0.6) is 0 Å². The van der Waals surface area contributed by atoms with Gasteiger partial charge in [-0.2, -0.15) is 0 Å². The maximum Gasteiger partial charge on any atom is 0.115 e. The molecule has 4 heteroatoms. The van der Waals surface area contributed by atoms with Crippen LogP contribution in [-0.4, -0.2) is 28.8 Å². The van der Waals surface area contributed by atoms with Gasteiger partial charge in [0.25, 0.3) is 0 Å². The molecule has 2 heterocycles. The van der Waals surface area contributed by atoms with E-state index in [-0.39, 0.29) is 0 Å². The van der Waals surface area contributed by atoms with Crippen molar-refractivity contribution in [3.05, 3.63) is 23.8 Å². The van der Waals surface area contributed by atoms with Gasteiger partial charge in [0.05, 0.1) is 10.9 Å². The summed E-state index contributed by atoms with van der Waals surface area (Å²) >= 11 is 2.00. The highest BCUT2D eigenvalue weighted by Gasteiger charge is 2.20. The lowest BCUT2D eigenvalue weighted by Gasteiger charge is -2.23. The Balaban J connectivity index is 2.17. The van der Waals surface area contributed by atoms with Crippen LogP contribution >= 0.6 is 11.8 Å². The molecule has 0 bridgehead atoms. The number of hydrogen-bond acceptors (Lipinski definition) is 4. The van der Waals surface area contributed by atoms with Crippen LogP contribution in [0.4, 0.5) is 0 Å². The number of thioether (sulfide) groups is 1. The highest BCUT2D eigenvalue weighted by Crippen LogP contribution is 2.31. The predicted molar refractivity (Wildman–Crippen MR) is 68.6 cm³/mol. The molecule has 0 aromatic carbocycles. The lowest BCUT2D eigenvalue weighted by molar-refractivity contribution is 0.624. The first-order chi connectivity index (χ1) is 7.77. The van der Waals surface area contributed by atoms with Crippen LogP contribution in [0.1, 0.15) is 30.4 Å². The first kappa shape index (κ1) is 11.9. The summed E-state index contributed by atoms with van der Waals surface area (Å²) in [4.78, 5) is 8.64. The van der Waals surface area contributed by atoms with E-state index in [1.807, 2.05) is 18.0 Å². The topological polar surface area (TPSA) is 37.8 Å². The molecule has 1 fully saturated rings. The summed E-state index contributed by atoms with van der Waals surface area (Å²) in [7, 11) is 0. The SMILES string of the molecule is CC(C)Cc1cncnc1C1CNCCS1. The third-order valence-corrected chi connectivity index (χ3v) is 3.92. The molecular weight excluding hydrogens is 218 g/mol. The van der Waals surface area contributed by atoms with E-state index < -0.39 is 0 Å². The van der Waals surface area contributed by atoms with Crippen LogP contribution in [0.3, 0.4) is 0 Å². The molecule has 3 nitrogen and oxygen atoms in total. The Morgan fingerprint density at radius 1 is 1.56 bits per heavy atom. The van der Waals surface area contributed by atoms with E-state index in [1.165, 1.54) is 17.0 Å². The second kappa shape index (κ2) is 5.64. The minimum atomic E-state index is 0.505. The fourth-order valence-corrected chi connectivity index (χ4v) is 3.15. The molecule has 0 saturated carbocycles. The van der Waals surface area contributed by atoms with Gasteiger partial charge in [-0.1, -0.05) is 13.8 Å². The van der Waals surface area contributed by atoms with Crippen LogP contribution in [0.2, 0.25) is 0 Å². The van der Waals surface area contributed by atoms with Gasteiger partial charge >= 0.3 is 0 Å². The van der Waals surface area contributed by atoms with Crippen LogP contribution in [-0.2, 0) is 6.42 Å². The van der Waals surface area contributed by atoms with Crippen molar-refractivity contribution >= 4 is 11.8 Å². The molecule has 0 aliphatic carbocycles. The van der Waals surface area contributed by atoms with Gasteiger partial charge in [-0.3, -0.25) is 0 Å². The average molecular weight is 237 g/mol. The minimum Gasteiger partial charge on any atom is -0.314 e. The van der Waals surface area contributed by atoms with Gasteiger partial charge < -0.3 is 5.32 Å². The predicted octanol–water partition coefficient (Wildman–Crippen LogP) is 2.05. The molecule has 1 unspecified atom stereocenters. The maximum absolute atomic E-state index is 4.48. The second-order valence-corrected chi connectivity index (χ2v) is 5.91. The zero-order valence-corrected chi connectivity index (χ0v) is 10.8. The van der Waals surface area contributed by atoms with Crippen molar-refractivity contribution in [1.29, 1.82) is 0 Å². The molecule has 1 aliphatic rings. The van der Waals surface area contributed by atoms with E-state index in [4.69, 9.17) is 0 Å². The summed E-state index contributed by atoms with van der Waals surface area (Å²) in [6.45, 7) is 6.63. The van der Waals surface area contributed by atoms with Crippen molar-refractivity contribution in [3.8, 4) is 0 Å². The first-order valence-corrected chi connectivity index (χ1v) is 6.93. The average Bonchev–Trinajstić information content (AvgIpc) is 2.30. The Morgan fingerprint density at radius 2 is 2.44 bits per heavy atom. The minimum absolute atomic E-state index is 0.505. The molecule has 0 amide bonds. The zero-order valence-electron chi connectivity index (χ0n) is 9.94. The smallest absolute Gasteiger partial charge is 0.115 e. The van der Waals surface area contributed by atoms with Crippen molar-refractivity contribution in [3.63, 3.8) is 0 Å². The van der Waals surface area contributed by atoms with Crippen LogP contribution in [0, 0.1) is 5.92 Å². The van der Waals surface area contributed by atoms with Gasteiger partial charge in [-0.05, 0) is 17.9 Å². The number of nitrogens with one attached hydrogen (secondary N) is 1. The molecule has 88 valence electrons. The highest BCUT2D eigenvalue weighted by molar-refractivity contribution is 7.99. The standard InChI is InChI=1S/C12H19N3S/c1-9(2)5-10-6-14-8-15-12(10)11-7-13-3-4-16-11/h6,8-9,11,13H,3-5,7H2,1-2H3. The van der Waals surface area contributed by atoms with E-state index >= 15 is 0 Å². The molecule has 1 N–H and O–H groups in total. The molecule has 1 aromatic rings. The van der Waals surface area contributed by atoms with Gasteiger partial charge in [0.1, 0.15) is 6.33 Å². The second-order valence-electron chi connectivity index (χ2n) is 4.59. The number of hydrogen-bond donors (Lipinski definition) is 1. The van der Waals surface area contributed by atoms with Crippen molar-refractivity contribution in [1.82, 2.24) is 15.3 Å². The van der Waals surface area contributed by atoms with Gasteiger partial charge in [0, 0.05) is 25.0 Å². The van der Waals surface area contributed by atoms with E-state index in [0.29, 0.717) is 11.2 Å². The molecule has 0 spiro atoms. The molecular formula is C12H19N3S. The summed E-state index contributed by atoms with van der Waals surface area (Å²) in [6.07, 6.45) is 4.74. The molecule has 1 aliphatic heterocycles. The van der Waals surface area contributed by atoms with Crippen molar-refractivity contribution in [2.45, 2.75) is 25.5 Å². The third kappa shape index (κ3) is 2.95. The quantitative estimate of drug-likeness (QED) is 0.873. The largest absolute Gasteiger partial charge is 0.314 e. The first-order valence-electron chi connectivity index (χ1n) is 5.88. The van der Waals surface area contributed by atoms with Crippen LogP contribution < -0.4 is 5.32 Å². The molecule has 2 rings (SSSR count). The van der Waals surface area contributed by atoms with Crippen LogP contribution in [0.15, 0.2) is 12.5 Å². The van der Waals surface area contributed by atoms with Crippen molar-refractivity contribution in [2.24, 2.45) is 5.92 Å². The number of aromatic nitrogens is 2. The van der Waals surface area contributed by atoms with Gasteiger partial charge in [0.2, 0.25) is 0 Å². The summed E-state index contributed by atoms with van der Waals surface area (Å²) in [6, 6.07) is 0. The van der Waals surface area contributed by atoms with Crippen molar-refractivity contribution in [2.75, 3.05) is 18.8 Å². The summed E-state index contributed by atoms with van der Waals surface area (Å²) < 4.78 is 0. The Bertz CT molecular complexity index is 335. The van der Waals surface area contributed by atoms with Crippen molar-refractivity contribution < 1.29 is 0 Å². The van der Waals surface area contributed by atoms with E-state index in [0.717, 1.165) is 19.5 Å². The highest BCUT2D eigenvalue weighted by atomic mass is 32.2. The molecule has 1 atom stereocenters. The van der Waals surface area contributed by atoms with Gasteiger partial charge in [-0.25, -0.2) is 9.97 Å². The summed E-state index contributed by atoms with van der Waals surface area (Å²) in [5.74, 6) is 1.83. The Morgan fingerprint density at radius 3 is 3.12 bits per heavy atom. The maximum atomic E-state index is 4.48. The van der Waals surface area contributed by atoms with Gasteiger partial charge in [0.15, 0.2) is 0 Å². The Labute approximate surface area is 101 Å².